The summed E-state index contributed by atoms with van der Waals surface area (Å²) < 4.78 is 12.4. The van der Waals surface area contributed by atoms with Crippen LogP contribution in [0, 0.1) is 6.92 Å². The number of benzene rings is 3. The highest BCUT2D eigenvalue weighted by Crippen LogP contribution is 2.37. The number of fused-ring (bicyclic) bond motifs is 1. The lowest BCUT2D eigenvalue weighted by atomic mass is 9.99. The van der Waals surface area contributed by atoms with Gasteiger partial charge in [-0.2, -0.15) is 0 Å². The number of nitrogens with one attached hydrogen (secondary N) is 1. The number of anilines is 1. The minimum atomic E-state index is -0.186. The molecule has 0 spiro atoms. The van der Waals surface area contributed by atoms with Gasteiger partial charge in [-0.1, -0.05) is 46.3 Å². The van der Waals surface area contributed by atoms with Gasteiger partial charge in [-0.15, -0.1) is 0 Å². The predicted octanol–water partition coefficient (Wildman–Crippen LogP) is 7.22. The van der Waals surface area contributed by atoms with Crippen molar-refractivity contribution in [1.82, 2.24) is 0 Å². The average Bonchev–Trinajstić information content (AvgIpc) is 3.17. The molecule has 0 aliphatic heterocycles. The second kappa shape index (κ2) is 8.82. The van der Waals surface area contributed by atoms with Crippen molar-refractivity contribution < 1.29 is 13.9 Å². The van der Waals surface area contributed by atoms with E-state index < -0.39 is 0 Å². The first-order valence-electron chi connectivity index (χ1n) is 9.86. The molecule has 0 saturated carbocycles. The van der Waals surface area contributed by atoms with Gasteiger partial charge in [0.15, 0.2) is 0 Å². The van der Waals surface area contributed by atoms with Crippen molar-refractivity contribution in [2.75, 3.05) is 12.4 Å². The topological polar surface area (TPSA) is 51.5 Å². The van der Waals surface area contributed by atoms with Crippen LogP contribution in [0.4, 0.5) is 5.69 Å². The van der Waals surface area contributed by atoms with Crippen molar-refractivity contribution in [2.45, 2.75) is 13.8 Å². The van der Waals surface area contributed by atoms with Crippen molar-refractivity contribution in [3.63, 3.8) is 0 Å². The van der Waals surface area contributed by atoms with Gasteiger partial charge < -0.3 is 14.5 Å². The molecule has 3 aromatic carbocycles. The van der Waals surface area contributed by atoms with Crippen molar-refractivity contribution >= 4 is 44.1 Å². The molecule has 4 rings (SSSR count). The van der Waals surface area contributed by atoms with Crippen molar-refractivity contribution in [1.29, 1.82) is 0 Å². The van der Waals surface area contributed by atoms with Crippen LogP contribution in [-0.2, 0) is 4.79 Å². The van der Waals surface area contributed by atoms with E-state index in [0.717, 1.165) is 49.0 Å². The zero-order chi connectivity index (χ0) is 22.0. The lowest BCUT2D eigenvalue weighted by molar-refractivity contribution is -0.111. The van der Waals surface area contributed by atoms with E-state index in [2.05, 4.69) is 21.2 Å². The molecule has 156 valence electrons. The van der Waals surface area contributed by atoms with E-state index >= 15 is 0 Å². The number of hydrogen-bond acceptors (Lipinski definition) is 3. The molecule has 0 aliphatic rings. The molecular formula is C26H22BrNO3. The van der Waals surface area contributed by atoms with Crippen LogP contribution < -0.4 is 10.1 Å². The number of allylic oxidation sites excluding steroid dienone is 1. The van der Waals surface area contributed by atoms with E-state index in [0.29, 0.717) is 5.75 Å². The van der Waals surface area contributed by atoms with Crippen LogP contribution >= 0.6 is 15.9 Å². The Morgan fingerprint density at radius 3 is 2.55 bits per heavy atom. The third-order valence-electron chi connectivity index (χ3n) is 5.23. The minimum Gasteiger partial charge on any atom is -0.496 e. The third kappa shape index (κ3) is 4.42. The quantitative estimate of drug-likeness (QED) is 0.310. The van der Waals surface area contributed by atoms with Gasteiger partial charge in [0.25, 0.3) is 0 Å². The van der Waals surface area contributed by atoms with Crippen LogP contribution in [0.1, 0.15) is 18.1 Å². The summed E-state index contributed by atoms with van der Waals surface area (Å²) in [6.45, 7) is 3.87. The van der Waals surface area contributed by atoms with Crippen LogP contribution in [-0.4, -0.2) is 13.0 Å². The number of para-hydroxylation sites is 1. The van der Waals surface area contributed by atoms with Crippen molar-refractivity contribution in [2.24, 2.45) is 0 Å². The molecule has 0 bridgehead atoms. The summed E-state index contributed by atoms with van der Waals surface area (Å²) >= 11 is 3.47. The Balaban J connectivity index is 1.72. The maximum atomic E-state index is 12.6. The Hall–Kier alpha value is -3.31. The Bertz CT molecular complexity index is 1290. The largest absolute Gasteiger partial charge is 0.496 e. The van der Waals surface area contributed by atoms with Crippen LogP contribution in [0.5, 0.6) is 5.75 Å². The molecule has 5 heteroatoms. The average molecular weight is 476 g/mol. The van der Waals surface area contributed by atoms with E-state index in [1.54, 1.807) is 19.4 Å². The van der Waals surface area contributed by atoms with Gasteiger partial charge in [0.1, 0.15) is 11.3 Å². The van der Waals surface area contributed by atoms with Gasteiger partial charge in [0, 0.05) is 38.8 Å². The Morgan fingerprint density at radius 1 is 1.10 bits per heavy atom. The van der Waals surface area contributed by atoms with Gasteiger partial charge in [-0.25, -0.2) is 0 Å². The summed E-state index contributed by atoms with van der Waals surface area (Å²) in [5, 5.41) is 3.91. The highest BCUT2D eigenvalue weighted by molar-refractivity contribution is 9.10. The molecule has 0 aliphatic carbocycles. The van der Waals surface area contributed by atoms with E-state index in [-0.39, 0.29) is 5.91 Å². The summed E-state index contributed by atoms with van der Waals surface area (Å²) in [6.07, 6.45) is 3.34. The standard InChI is InChI=1S/C26H22BrNO3/c1-16-6-4-5-7-23(16)28-26(29)12-17(2)20-13-21-22(18-8-10-19(27)11-9-18)15-31-25(21)14-24(20)30-3/h4-15H,1-3H3,(H,28,29)/b17-12+. The number of amides is 1. The van der Waals surface area contributed by atoms with Crippen LogP contribution in [0.15, 0.2) is 81.9 Å². The monoisotopic (exact) mass is 475 g/mol. The molecule has 0 radical (unpaired) electrons. The number of carbonyl (C=O) groups is 1. The van der Waals surface area contributed by atoms with Crippen LogP contribution in [0.3, 0.4) is 0 Å². The molecule has 1 amide bonds. The van der Waals surface area contributed by atoms with Gasteiger partial charge in [-0.05, 0) is 54.8 Å². The van der Waals surface area contributed by atoms with E-state index in [1.807, 2.05) is 74.5 Å². The number of aryl methyl sites for hydroxylation is 1. The molecule has 4 aromatic rings. The lowest BCUT2D eigenvalue weighted by Crippen LogP contribution is -2.09. The smallest absolute Gasteiger partial charge is 0.248 e. The Labute approximate surface area is 189 Å². The van der Waals surface area contributed by atoms with Crippen molar-refractivity contribution in [3.05, 3.63) is 88.6 Å². The van der Waals surface area contributed by atoms with Gasteiger partial charge >= 0.3 is 0 Å². The maximum absolute atomic E-state index is 12.6. The summed E-state index contributed by atoms with van der Waals surface area (Å²) in [5.41, 5.74) is 6.23. The molecular weight excluding hydrogens is 454 g/mol. The second-order valence-electron chi connectivity index (χ2n) is 7.34. The molecule has 4 nitrogen and oxygen atoms in total. The number of ether oxygens (including phenoxy) is 1. The molecule has 1 aromatic heterocycles. The fourth-order valence-corrected chi connectivity index (χ4v) is 3.81. The number of halogens is 1. The number of carbonyl (C=O) groups excluding carboxylic acids is 1. The van der Waals surface area contributed by atoms with Gasteiger partial charge in [0.05, 0.1) is 13.4 Å². The van der Waals surface area contributed by atoms with Crippen molar-refractivity contribution in [3.8, 4) is 16.9 Å². The summed E-state index contributed by atoms with van der Waals surface area (Å²) in [4.78, 5) is 12.6. The fourth-order valence-electron chi connectivity index (χ4n) is 3.54. The summed E-state index contributed by atoms with van der Waals surface area (Å²) in [6, 6.07) is 19.7. The first-order chi connectivity index (χ1) is 15.0. The van der Waals surface area contributed by atoms with Gasteiger partial charge in [0.2, 0.25) is 5.91 Å². The number of furan rings is 1. The van der Waals surface area contributed by atoms with E-state index in [1.165, 1.54) is 0 Å². The normalized spacial score (nSPS) is 11.5. The highest BCUT2D eigenvalue weighted by Gasteiger charge is 2.15. The molecule has 0 atom stereocenters. The minimum absolute atomic E-state index is 0.186. The Kier molecular flexibility index (Phi) is 5.96. The summed E-state index contributed by atoms with van der Waals surface area (Å²) in [7, 11) is 1.62. The summed E-state index contributed by atoms with van der Waals surface area (Å²) in [5.74, 6) is 0.468. The fraction of sp³-hybridized carbons (Fsp3) is 0.115. The number of hydrogen-bond donors (Lipinski definition) is 1. The zero-order valence-electron chi connectivity index (χ0n) is 17.5. The number of rotatable bonds is 5. The molecule has 1 N–H and O–H groups in total. The van der Waals surface area contributed by atoms with Crippen LogP contribution in [0.25, 0.3) is 27.7 Å². The first-order valence-corrected chi connectivity index (χ1v) is 10.7. The van der Waals surface area contributed by atoms with E-state index in [9.17, 15) is 4.79 Å². The molecule has 31 heavy (non-hydrogen) atoms. The Morgan fingerprint density at radius 2 is 1.84 bits per heavy atom. The molecule has 0 saturated heterocycles. The third-order valence-corrected chi connectivity index (χ3v) is 5.75. The first kappa shape index (κ1) is 20.9. The predicted molar refractivity (Wildman–Crippen MR) is 129 cm³/mol. The molecule has 0 fully saturated rings. The number of methoxy groups -OCH3 is 1. The highest BCUT2D eigenvalue weighted by atomic mass is 79.9. The van der Waals surface area contributed by atoms with E-state index in [4.69, 9.17) is 9.15 Å². The zero-order valence-corrected chi connectivity index (χ0v) is 19.1. The van der Waals surface area contributed by atoms with Crippen LogP contribution in [0.2, 0.25) is 0 Å². The van der Waals surface area contributed by atoms with Gasteiger partial charge in [-0.3, -0.25) is 4.79 Å². The lowest BCUT2D eigenvalue weighted by Gasteiger charge is -2.11. The second-order valence-corrected chi connectivity index (χ2v) is 8.25. The molecule has 1 heterocycles. The molecule has 0 unspecified atom stereocenters. The maximum Gasteiger partial charge on any atom is 0.248 e. The SMILES string of the molecule is COc1cc2occ(-c3ccc(Br)cc3)c2cc1/C(C)=C/C(=O)Nc1ccccc1C.